The molecule has 0 saturated carbocycles. The molecule has 0 atom stereocenters. The normalized spacial score (nSPS) is 10.2. The summed E-state index contributed by atoms with van der Waals surface area (Å²) in [7, 11) is 1.82. The average molecular weight is 250 g/mol. The summed E-state index contributed by atoms with van der Waals surface area (Å²) in [4.78, 5) is 13.4. The van der Waals surface area contributed by atoms with E-state index in [0.717, 1.165) is 17.9 Å². The predicted octanol–water partition coefficient (Wildman–Crippen LogP) is 1.65. The predicted molar refractivity (Wildman–Crippen MR) is 72.6 cm³/mol. The number of nitrogens with one attached hydrogen (secondary N) is 1. The van der Waals surface area contributed by atoms with E-state index in [1.807, 2.05) is 45.2 Å². The molecule has 1 amide bonds. The third-order valence-electron chi connectivity index (χ3n) is 2.61. The van der Waals surface area contributed by atoms with Crippen LogP contribution in [-0.2, 0) is 11.3 Å². The fraction of sp³-hybridized carbons (Fsp3) is 0.500. The largest absolute Gasteiger partial charge is 0.494 e. The number of carbonyl (C=O) groups is 1. The molecule has 0 bridgehead atoms. The van der Waals surface area contributed by atoms with Gasteiger partial charge in [0.05, 0.1) is 13.2 Å². The molecule has 0 aliphatic rings. The van der Waals surface area contributed by atoms with Crippen LogP contribution < -0.4 is 10.1 Å². The maximum absolute atomic E-state index is 11.7. The van der Waals surface area contributed by atoms with Gasteiger partial charge in [-0.1, -0.05) is 19.1 Å². The van der Waals surface area contributed by atoms with E-state index in [9.17, 15) is 4.79 Å². The molecule has 0 fully saturated rings. The number of rotatable bonds is 7. The summed E-state index contributed by atoms with van der Waals surface area (Å²) in [6, 6.07) is 7.84. The number of amides is 1. The van der Waals surface area contributed by atoms with Gasteiger partial charge in [0.15, 0.2) is 0 Å². The molecule has 0 unspecified atom stereocenters. The molecule has 4 nitrogen and oxygen atoms in total. The molecule has 4 heteroatoms. The van der Waals surface area contributed by atoms with Gasteiger partial charge in [-0.2, -0.15) is 0 Å². The second-order valence-electron chi connectivity index (χ2n) is 4.11. The highest BCUT2D eigenvalue weighted by Gasteiger charge is 2.08. The van der Waals surface area contributed by atoms with Crippen LogP contribution >= 0.6 is 0 Å². The van der Waals surface area contributed by atoms with Crippen molar-refractivity contribution in [3.63, 3.8) is 0 Å². The third kappa shape index (κ3) is 4.75. The quantitative estimate of drug-likeness (QED) is 0.800. The first-order chi connectivity index (χ1) is 8.67. The standard InChI is InChI=1S/C14H22N2O2/c1-4-15-10-14(17)16(3)11-12-6-8-13(9-7-12)18-5-2/h6-9,15H,4-5,10-11H2,1-3H3. The molecule has 0 aliphatic heterocycles. The summed E-state index contributed by atoms with van der Waals surface area (Å²) in [5.74, 6) is 0.966. The van der Waals surface area contributed by atoms with Crippen molar-refractivity contribution in [1.82, 2.24) is 10.2 Å². The first kappa shape index (κ1) is 14.5. The Morgan fingerprint density at radius 1 is 1.28 bits per heavy atom. The molecular weight excluding hydrogens is 228 g/mol. The number of nitrogens with zero attached hydrogens (tertiary/aromatic N) is 1. The van der Waals surface area contributed by atoms with E-state index in [2.05, 4.69) is 5.32 Å². The molecule has 0 heterocycles. The van der Waals surface area contributed by atoms with Crippen molar-refractivity contribution in [2.45, 2.75) is 20.4 Å². The Hall–Kier alpha value is -1.55. The van der Waals surface area contributed by atoms with Crippen molar-refractivity contribution in [3.05, 3.63) is 29.8 Å². The van der Waals surface area contributed by atoms with Gasteiger partial charge in [-0.15, -0.1) is 0 Å². The molecule has 1 aromatic carbocycles. The molecule has 1 N–H and O–H groups in total. The van der Waals surface area contributed by atoms with Gasteiger partial charge in [0, 0.05) is 13.6 Å². The average Bonchev–Trinajstić information content (AvgIpc) is 2.38. The summed E-state index contributed by atoms with van der Waals surface area (Å²) >= 11 is 0. The highest BCUT2D eigenvalue weighted by molar-refractivity contribution is 5.77. The SMILES string of the molecule is CCNCC(=O)N(C)Cc1ccc(OCC)cc1. The minimum absolute atomic E-state index is 0.103. The van der Waals surface area contributed by atoms with Crippen molar-refractivity contribution in [2.24, 2.45) is 0 Å². The first-order valence-corrected chi connectivity index (χ1v) is 6.33. The van der Waals surface area contributed by atoms with E-state index in [-0.39, 0.29) is 5.91 Å². The van der Waals surface area contributed by atoms with Crippen LogP contribution in [0.2, 0.25) is 0 Å². The van der Waals surface area contributed by atoms with Crippen LogP contribution in [0.25, 0.3) is 0 Å². The number of benzene rings is 1. The van der Waals surface area contributed by atoms with Gasteiger partial charge in [-0.3, -0.25) is 4.79 Å². The van der Waals surface area contributed by atoms with Gasteiger partial charge in [-0.05, 0) is 31.2 Å². The van der Waals surface area contributed by atoms with Crippen molar-refractivity contribution >= 4 is 5.91 Å². The smallest absolute Gasteiger partial charge is 0.236 e. The summed E-state index contributed by atoms with van der Waals surface area (Å²) in [5, 5.41) is 3.03. The zero-order valence-electron chi connectivity index (χ0n) is 11.4. The fourth-order valence-corrected chi connectivity index (χ4v) is 1.59. The number of hydrogen-bond donors (Lipinski definition) is 1. The molecule has 1 aromatic rings. The molecule has 0 spiro atoms. The summed E-state index contributed by atoms with van der Waals surface area (Å²) in [6.45, 7) is 6.44. The zero-order chi connectivity index (χ0) is 13.4. The van der Waals surface area contributed by atoms with Gasteiger partial charge in [0.2, 0.25) is 5.91 Å². The van der Waals surface area contributed by atoms with Crippen LogP contribution in [0.15, 0.2) is 24.3 Å². The molecule has 0 aromatic heterocycles. The minimum atomic E-state index is 0.103. The van der Waals surface area contributed by atoms with E-state index in [4.69, 9.17) is 4.74 Å². The number of ether oxygens (including phenoxy) is 1. The fourth-order valence-electron chi connectivity index (χ4n) is 1.59. The molecule has 0 radical (unpaired) electrons. The molecule has 18 heavy (non-hydrogen) atoms. The van der Waals surface area contributed by atoms with Crippen LogP contribution in [0.4, 0.5) is 0 Å². The Balaban J connectivity index is 2.48. The summed E-state index contributed by atoms with van der Waals surface area (Å²) in [6.07, 6.45) is 0. The summed E-state index contributed by atoms with van der Waals surface area (Å²) < 4.78 is 5.38. The van der Waals surface area contributed by atoms with Crippen molar-refractivity contribution in [1.29, 1.82) is 0 Å². The lowest BCUT2D eigenvalue weighted by Crippen LogP contribution is -2.35. The van der Waals surface area contributed by atoms with Gasteiger partial charge in [-0.25, -0.2) is 0 Å². The maximum Gasteiger partial charge on any atom is 0.236 e. The van der Waals surface area contributed by atoms with E-state index >= 15 is 0 Å². The number of carbonyl (C=O) groups excluding carboxylic acids is 1. The molecule has 0 aliphatic carbocycles. The zero-order valence-corrected chi connectivity index (χ0v) is 11.4. The van der Waals surface area contributed by atoms with E-state index in [1.54, 1.807) is 4.90 Å². The van der Waals surface area contributed by atoms with Gasteiger partial charge in [0.25, 0.3) is 0 Å². The van der Waals surface area contributed by atoms with E-state index in [1.165, 1.54) is 0 Å². The van der Waals surface area contributed by atoms with E-state index < -0.39 is 0 Å². The molecule has 100 valence electrons. The highest BCUT2D eigenvalue weighted by Crippen LogP contribution is 2.13. The van der Waals surface area contributed by atoms with Gasteiger partial charge >= 0.3 is 0 Å². The Morgan fingerprint density at radius 2 is 1.94 bits per heavy atom. The summed E-state index contributed by atoms with van der Waals surface area (Å²) in [5.41, 5.74) is 1.10. The van der Waals surface area contributed by atoms with Crippen LogP contribution in [-0.4, -0.2) is 37.6 Å². The van der Waals surface area contributed by atoms with Crippen molar-refractivity contribution in [3.8, 4) is 5.75 Å². The second kappa shape index (κ2) is 7.71. The van der Waals surface area contributed by atoms with Crippen LogP contribution in [0.1, 0.15) is 19.4 Å². The van der Waals surface area contributed by atoms with Gasteiger partial charge in [0.1, 0.15) is 5.75 Å². The molecule has 1 rings (SSSR count). The van der Waals surface area contributed by atoms with E-state index in [0.29, 0.717) is 19.7 Å². The number of hydrogen-bond acceptors (Lipinski definition) is 3. The van der Waals surface area contributed by atoms with Crippen LogP contribution in [0.5, 0.6) is 5.75 Å². The van der Waals surface area contributed by atoms with Gasteiger partial charge < -0.3 is 15.0 Å². The molecular formula is C14H22N2O2. The first-order valence-electron chi connectivity index (χ1n) is 6.33. The second-order valence-corrected chi connectivity index (χ2v) is 4.11. The van der Waals surface area contributed by atoms with Crippen molar-refractivity contribution in [2.75, 3.05) is 26.7 Å². The Kier molecular flexibility index (Phi) is 6.22. The highest BCUT2D eigenvalue weighted by atomic mass is 16.5. The third-order valence-corrected chi connectivity index (χ3v) is 2.61. The Labute approximate surface area is 109 Å². The lowest BCUT2D eigenvalue weighted by molar-refractivity contribution is -0.129. The maximum atomic E-state index is 11.7. The van der Waals surface area contributed by atoms with Crippen molar-refractivity contribution < 1.29 is 9.53 Å². The monoisotopic (exact) mass is 250 g/mol. The van der Waals surface area contributed by atoms with Crippen LogP contribution in [0, 0.1) is 0 Å². The topological polar surface area (TPSA) is 41.6 Å². The minimum Gasteiger partial charge on any atom is -0.494 e. The lowest BCUT2D eigenvalue weighted by atomic mass is 10.2. The van der Waals surface area contributed by atoms with Crippen LogP contribution in [0.3, 0.4) is 0 Å². The Bertz CT molecular complexity index is 363. The molecule has 0 saturated heterocycles. The Morgan fingerprint density at radius 3 is 2.50 bits per heavy atom. The lowest BCUT2D eigenvalue weighted by Gasteiger charge is -2.17. The number of likely N-dealkylation sites (N-methyl/N-ethyl adjacent to an activating group) is 2.